The minimum absolute atomic E-state index is 0.0193. The van der Waals surface area contributed by atoms with Gasteiger partial charge in [-0.15, -0.1) is 23.5 Å². The standard InChI is InChI=1S/C38H44N2O2S2/c1-25-19-29(37(3,4)5)21-27(35(25)41)23-39-31-13-9-11-15-33(31)43-17-18-44-34-16-12-10-14-32(34)40-24-28-22-30(38(6,7)8)20-26(2)36(28)42/h9-16,19-24,41-42H,17-18H2,1-8H3. The van der Waals surface area contributed by atoms with E-state index in [0.717, 1.165) is 54.9 Å². The average Bonchev–Trinajstić information content (AvgIpc) is 2.96. The Labute approximate surface area is 271 Å². The van der Waals surface area contributed by atoms with Crippen LogP contribution in [0.5, 0.6) is 11.5 Å². The number of aliphatic imine (C=N–C) groups is 2. The topological polar surface area (TPSA) is 65.2 Å². The summed E-state index contributed by atoms with van der Waals surface area (Å²) >= 11 is 3.54. The molecule has 0 saturated heterocycles. The molecule has 230 valence electrons. The molecular weight excluding hydrogens is 581 g/mol. The van der Waals surface area contributed by atoms with Crippen molar-refractivity contribution < 1.29 is 10.2 Å². The third-order valence-electron chi connectivity index (χ3n) is 7.41. The number of hydrogen-bond donors (Lipinski definition) is 2. The number of nitrogens with zero attached hydrogens (tertiary/aromatic N) is 2. The normalized spacial score (nSPS) is 12.5. The Morgan fingerprint density at radius 1 is 0.591 bits per heavy atom. The third-order valence-corrected chi connectivity index (χ3v) is 9.79. The molecule has 0 radical (unpaired) electrons. The van der Waals surface area contributed by atoms with Gasteiger partial charge in [-0.1, -0.05) is 77.9 Å². The van der Waals surface area contributed by atoms with Crippen LogP contribution in [0.4, 0.5) is 11.4 Å². The van der Waals surface area contributed by atoms with Crippen molar-refractivity contribution in [2.24, 2.45) is 9.98 Å². The summed E-state index contributed by atoms with van der Waals surface area (Å²) in [7, 11) is 0. The molecule has 0 aromatic heterocycles. The number of rotatable bonds is 9. The fourth-order valence-corrected chi connectivity index (χ4v) is 6.62. The van der Waals surface area contributed by atoms with E-state index in [1.54, 1.807) is 36.0 Å². The first-order valence-corrected chi connectivity index (χ1v) is 16.9. The maximum Gasteiger partial charge on any atom is 0.127 e. The summed E-state index contributed by atoms with van der Waals surface area (Å²) in [5.74, 6) is 2.34. The van der Waals surface area contributed by atoms with Gasteiger partial charge in [-0.05, 0) is 83.3 Å². The first-order valence-electron chi connectivity index (χ1n) is 14.9. The molecule has 4 nitrogen and oxygen atoms in total. The number of thioether (sulfide) groups is 2. The fourth-order valence-electron chi connectivity index (χ4n) is 4.63. The van der Waals surface area contributed by atoms with Crippen LogP contribution in [0, 0.1) is 13.8 Å². The Morgan fingerprint density at radius 2 is 0.955 bits per heavy atom. The van der Waals surface area contributed by atoms with Crippen LogP contribution in [-0.4, -0.2) is 34.1 Å². The van der Waals surface area contributed by atoms with Gasteiger partial charge in [-0.25, -0.2) is 0 Å². The van der Waals surface area contributed by atoms with E-state index in [-0.39, 0.29) is 22.3 Å². The monoisotopic (exact) mass is 624 g/mol. The zero-order valence-corrected chi connectivity index (χ0v) is 28.7. The summed E-state index contributed by atoms with van der Waals surface area (Å²) in [6.07, 6.45) is 3.55. The van der Waals surface area contributed by atoms with E-state index in [0.29, 0.717) is 0 Å². The van der Waals surface area contributed by atoms with Crippen molar-refractivity contribution in [3.05, 3.63) is 106 Å². The molecular formula is C38H44N2O2S2. The Bertz CT molecular complexity index is 1550. The maximum absolute atomic E-state index is 10.7. The number of aromatic hydroxyl groups is 2. The molecule has 4 aromatic rings. The Kier molecular flexibility index (Phi) is 10.7. The first kappa shape index (κ1) is 33.4. The van der Waals surface area contributed by atoms with E-state index in [2.05, 4.69) is 53.7 Å². The third kappa shape index (κ3) is 8.58. The molecule has 0 atom stereocenters. The summed E-state index contributed by atoms with van der Waals surface area (Å²) in [6, 6.07) is 24.4. The van der Waals surface area contributed by atoms with Gasteiger partial charge in [0.15, 0.2) is 0 Å². The van der Waals surface area contributed by atoms with Crippen LogP contribution in [0.1, 0.15) is 74.9 Å². The average molecular weight is 625 g/mol. The largest absolute Gasteiger partial charge is 0.507 e. The van der Waals surface area contributed by atoms with E-state index in [1.165, 1.54) is 11.1 Å². The number of phenols is 2. The van der Waals surface area contributed by atoms with Crippen LogP contribution in [0.15, 0.2) is 92.6 Å². The number of benzene rings is 4. The highest BCUT2D eigenvalue weighted by molar-refractivity contribution is 8.03. The molecule has 0 aliphatic rings. The van der Waals surface area contributed by atoms with Gasteiger partial charge in [0.25, 0.3) is 0 Å². The second-order valence-corrected chi connectivity index (χ2v) is 15.4. The molecule has 0 aliphatic carbocycles. The van der Waals surface area contributed by atoms with Crippen LogP contribution in [0.2, 0.25) is 0 Å². The minimum atomic E-state index is -0.0193. The highest BCUT2D eigenvalue weighted by Crippen LogP contribution is 2.35. The SMILES string of the molecule is Cc1cc(C(C)(C)C)cc(C=Nc2ccccc2SCCSc2ccccc2N=Cc2cc(C(C)(C)C)cc(C)c2O)c1O. The van der Waals surface area contributed by atoms with Crippen molar-refractivity contribution in [3.8, 4) is 11.5 Å². The molecule has 0 spiro atoms. The number of hydrogen-bond acceptors (Lipinski definition) is 6. The number of para-hydroxylation sites is 2. The Balaban J connectivity index is 1.44. The van der Waals surface area contributed by atoms with Crippen molar-refractivity contribution in [2.45, 2.75) is 76.0 Å². The van der Waals surface area contributed by atoms with E-state index in [9.17, 15) is 10.2 Å². The van der Waals surface area contributed by atoms with Gasteiger partial charge in [0, 0.05) is 44.9 Å². The second-order valence-electron chi connectivity index (χ2n) is 13.1. The second kappa shape index (κ2) is 14.1. The van der Waals surface area contributed by atoms with Gasteiger partial charge < -0.3 is 10.2 Å². The summed E-state index contributed by atoms with van der Waals surface area (Å²) in [5, 5.41) is 21.4. The molecule has 0 saturated carbocycles. The maximum atomic E-state index is 10.7. The van der Waals surface area contributed by atoms with Crippen molar-refractivity contribution >= 4 is 47.3 Å². The van der Waals surface area contributed by atoms with Gasteiger partial charge in [0.05, 0.1) is 11.4 Å². The van der Waals surface area contributed by atoms with Gasteiger partial charge in [0.2, 0.25) is 0 Å². The molecule has 0 fully saturated rings. The number of phenolic OH excluding ortho intramolecular Hbond substituents is 2. The zero-order chi connectivity index (χ0) is 32.1. The lowest BCUT2D eigenvalue weighted by molar-refractivity contribution is 0.468. The summed E-state index contributed by atoms with van der Waals surface area (Å²) in [5.41, 5.74) is 7.25. The summed E-state index contributed by atoms with van der Waals surface area (Å²) in [4.78, 5) is 11.8. The molecule has 44 heavy (non-hydrogen) atoms. The first-order chi connectivity index (χ1) is 20.7. The van der Waals surface area contributed by atoms with Gasteiger partial charge in [0.1, 0.15) is 11.5 Å². The van der Waals surface area contributed by atoms with Crippen LogP contribution >= 0.6 is 23.5 Å². The van der Waals surface area contributed by atoms with Crippen LogP contribution in [0.25, 0.3) is 0 Å². The predicted octanol–water partition coefficient (Wildman–Crippen LogP) is 10.7. The van der Waals surface area contributed by atoms with Crippen molar-refractivity contribution in [3.63, 3.8) is 0 Å². The Hall–Kier alpha value is -3.48. The molecule has 0 aliphatic heterocycles. The van der Waals surface area contributed by atoms with Gasteiger partial charge >= 0.3 is 0 Å². The fraction of sp³-hybridized carbons (Fsp3) is 0.316. The number of aryl methyl sites for hydroxylation is 2. The predicted molar refractivity (Wildman–Crippen MR) is 192 cm³/mol. The van der Waals surface area contributed by atoms with Crippen LogP contribution < -0.4 is 0 Å². The van der Waals surface area contributed by atoms with Gasteiger partial charge in [-0.3, -0.25) is 9.98 Å². The van der Waals surface area contributed by atoms with E-state index in [4.69, 9.17) is 9.98 Å². The van der Waals surface area contributed by atoms with Crippen molar-refractivity contribution in [1.82, 2.24) is 0 Å². The highest BCUT2D eigenvalue weighted by atomic mass is 32.2. The lowest BCUT2D eigenvalue weighted by atomic mass is 9.85. The van der Waals surface area contributed by atoms with Gasteiger partial charge in [-0.2, -0.15) is 0 Å². The van der Waals surface area contributed by atoms with E-state index >= 15 is 0 Å². The van der Waals surface area contributed by atoms with E-state index < -0.39 is 0 Å². The van der Waals surface area contributed by atoms with Crippen molar-refractivity contribution in [2.75, 3.05) is 11.5 Å². The molecule has 0 unspecified atom stereocenters. The van der Waals surface area contributed by atoms with E-state index in [1.807, 2.05) is 74.5 Å². The molecule has 0 amide bonds. The molecule has 4 aromatic carbocycles. The smallest absolute Gasteiger partial charge is 0.127 e. The molecule has 4 rings (SSSR count). The molecule has 6 heteroatoms. The van der Waals surface area contributed by atoms with Crippen LogP contribution in [-0.2, 0) is 10.8 Å². The minimum Gasteiger partial charge on any atom is -0.507 e. The van der Waals surface area contributed by atoms with Crippen molar-refractivity contribution in [1.29, 1.82) is 0 Å². The lowest BCUT2D eigenvalue weighted by Crippen LogP contribution is -2.12. The zero-order valence-electron chi connectivity index (χ0n) is 27.1. The molecule has 0 heterocycles. The quantitative estimate of drug-likeness (QED) is 0.110. The Morgan fingerprint density at radius 3 is 1.32 bits per heavy atom. The lowest BCUT2D eigenvalue weighted by Gasteiger charge is -2.21. The summed E-state index contributed by atoms with van der Waals surface area (Å²) in [6.45, 7) is 16.9. The highest BCUT2D eigenvalue weighted by Gasteiger charge is 2.18. The summed E-state index contributed by atoms with van der Waals surface area (Å²) < 4.78 is 0. The molecule has 2 N–H and O–H groups in total. The van der Waals surface area contributed by atoms with Crippen LogP contribution in [0.3, 0.4) is 0 Å². The molecule has 0 bridgehead atoms.